The Morgan fingerprint density at radius 1 is 1.47 bits per heavy atom. The Kier molecular flexibility index (Phi) is 5.82. The van der Waals surface area contributed by atoms with Crippen molar-refractivity contribution in [3.8, 4) is 0 Å². The Bertz CT molecular complexity index is 393. The van der Waals surface area contributed by atoms with Gasteiger partial charge in [-0.25, -0.2) is 0 Å². The summed E-state index contributed by atoms with van der Waals surface area (Å²) >= 11 is 3.51. The third-order valence-corrected chi connectivity index (χ3v) is 4.31. The van der Waals surface area contributed by atoms with E-state index in [1.165, 1.54) is 18.4 Å². The first-order chi connectivity index (χ1) is 9.21. The number of nitrogens with two attached hydrogens (primary N) is 1. The fourth-order valence-electron chi connectivity index (χ4n) is 2.80. The van der Waals surface area contributed by atoms with Gasteiger partial charge in [-0.2, -0.15) is 0 Å². The molecule has 1 atom stereocenters. The average Bonchev–Trinajstić information content (AvgIpc) is 2.35. The van der Waals surface area contributed by atoms with Crippen molar-refractivity contribution < 1.29 is 4.74 Å². The fraction of sp³-hybridized carbons (Fsp3) is 0.600. The molecular formula is C15H23BrN2O. The van der Waals surface area contributed by atoms with Crippen LogP contribution in [0, 0.1) is 5.92 Å². The van der Waals surface area contributed by atoms with Gasteiger partial charge in [0.25, 0.3) is 0 Å². The molecule has 0 heterocycles. The molecule has 1 aromatic rings. The van der Waals surface area contributed by atoms with Crippen LogP contribution in [0.25, 0.3) is 0 Å². The lowest BCUT2D eigenvalue weighted by atomic mass is 9.77. The molecule has 3 N–H and O–H groups in total. The molecule has 2 rings (SSSR count). The average molecular weight is 327 g/mol. The SMILES string of the molecule is CCOC1CC(CC(Cc2cccc(Br)c2)NN)C1. The van der Waals surface area contributed by atoms with Crippen LogP contribution in [0.5, 0.6) is 0 Å². The predicted molar refractivity (Wildman–Crippen MR) is 81.7 cm³/mol. The zero-order chi connectivity index (χ0) is 13.7. The van der Waals surface area contributed by atoms with Gasteiger partial charge >= 0.3 is 0 Å². The summed E-state index contributed by atoms with van der Waals surface area (Å²) in [5.74, 6) is 6.44. The van der Waals surface area contributed by atoms with Crippen LogP contribution in [0.2, 0.25) is 0 Å². The van der Waals surface area contributed by atoms with Gasteiger partial charge in [0.1, 0.15) is 0 Å². The lowest BCUT2D eigenvalue weighted by Crippen LogP contribution is -2.42. The van der Waals surface area contributed by atoms with E-state index in [2.05, 4.69) is 46.5 Å². The number of benzene rings is 1. The number of hydrogen-bond acceptors (Lipinski definition) is 3. The molecule has 0 aromatic heterocycles. The van der Waals surface area contributed by atoms with E-state index >= 15 is 0 Å². The van der Waals surface area contributed by atoms with Crippen LogP contribution < -0.4 is 11.3 Å². The van der Waals surface area contributed by atoms with Crippen LogP contribution in [-0.4, -0.2) is 18.8 Å². The first kappa shape index (κ1) is 15.0. The summed E-state index contributed by atoms with van der Waals surface area (Å²) in [6.07, 6.45) is 4.96. The summed E-state index contributed by atoms with van der Waals surface area (Å²) in [4.78, 5) is 0. The number of nitrogens with one attached hydrogen (secondary N) is 1. The Morgan fingerprint density at radius 3 is 2.89 bits per heavy atom. The maximum Gasteiger partial charge on any atom is 0.0580 e. The van der Waals surface area contributed by atoms with E-state index in [4.69, 9.17) is 10.6 Å². The monoisotopic (exact) mass is 326 g/mol. The summed E-state index contributed by atoms with van der Waals surface area (Å²) in [6.45, 7) is 2.89. The lowest BCUT2D eigenvalue weighted by molar-refractivity contribution is -0.0290. The van der Waals surface area contributed by atoms with Gasteiger partial charge in [-0.3, -0.25) is 11.3 Å². The molecule has 0 amide bonds. The molecule has 19 heavy (non-hydrogen) atoms. The van der Waals surface area contributed by atoms with E-state index in [0.29, 0.717) is 12.1 Å². The van der Waals surface area contributed by atoms with Crippen molar-refractivity contribution in [3.63, 3.8) is 0 Å². The number of hydrogen-bond donors (Lipinski definition) is 2. The first-order valence-electron chi connectivity index (χ1n) is 7.03. The highest BCUT2D eigenvalue weighted by atomic mass is 79.9. The maximum absolute atomic E-state index is 5.69. The van der Waals surface area contributed by atoms with Gasteiger partial charge < -0.3 is 4.74 Å². The Balaban J connectivity index is 1.78. The van der Waals surface area contributed by atoms with Gasteiger partial charge in [0.05, 0.1) is 6.10 Å². The van der Waals surface area contributed by atoms with Crippen LogP contribution in [-0.2, 0) is 11.2 Å². The van der Waals surface area contributed by atoms with Crippen molar-refractivity contribution in [2.45, 2.75) is 44.8 Å². The van der Waals surface area contributed by atoms with Crippen molar-refractivity contribution in [3.05, 3.63) is 34.3 Å². The minimum Gasteiger partial charge on any atom is -0.378 e. The minimum atomic E-state index is 0.349. The molecule has 1 aliphatic rings. The van der Waals surface area contributed by atoms with Crippen LogP contribution in [0.15, 0.2) is 28.7 Å². The fourth-order valence-corrected chi connectivity index (χ4v) is 3.25. The van der Waals surface area contributed by atoms with Gasteiger partial charge in [-0.05, 0) is 56.2 Å². The molecule has 1 aromatic carbocycles. The smallest absolute Gasteiger partial charge is 0.0580 e. The molecule has 0 aliphatic heterocycles. The zero-order valence-corrected chi connectivity index (χ0v) is 13.0. The first-order valence-corrected chi connectivity index (χ1v) is 7.82. The molecule has 0 saturated heterocycles. The Hall–Kier alpha value is -0.420. The number of hydrazine groups is 1. The van der Waals surface area contributed by atoms with Crippen molar-refractivity contribution in [2.75, 3.05) is 6.61 Å². The van der Waals surface area contributed by atoms with E-state index in [0.717, 1.165) is 29.8 Å². The van der Waals surface area contributed by atoms with Crippen LogP contribution in [0.4, 0.5) is 0 Å². The highest BCUT2D eigenvalue weighted by Gasteiger charge is 2.31. The normalized spacial score (nSPS) is 23.9. The van der Waals surface area contributed by atoms with Gasteiger partial charge in [-0.15, -0.1) is 0 Å². The molecule has 0 spiro atoms. The third-order valence-electron chi connectivity index (χ3n) is 3.82. The van der Waals surface area contributed by atoms with E-state index in [-0.39, 0.29) is 0 Å². The van der Waals surface area contributed by atoms with Crippen molar-refractivity contribution >= 4 is 15.9 Å². The predicted octanol–water partition coefficient (Wildman–Crippen LogP) is 3.03. The van der Waals surface area contributed by atoms with Gasteiger partial charge in [0.2, 0.25) is 0 Å². The van der Waals surface area contributed by atoms with E-state index in [9.17, 15) is 0 Å². The van der Waals surface area contributed by atoms with Crippen LogP contribution in [0.3, 0.4) is 0 Å². The second-order valence-electron chi connectivity index (χ2n) is 5.35. The number of rotatable bonds is 7. The maximum atomic E-state index is 5.69. The molecule has 1 fully saturated rings. The van der Waals surface area contributed by atoms with Gasteiger partial charge in [0, 0.05) is 17.1 Å². The molecule has 3 nitrogen and oxygen atoms in total. The molecule has 106 valence electrons. The largest absolute Gasteiger partial charge is 0.378 e. The molecular weight excluding hydrogens is 304 g/mol. The molecule has 4 heteroatoms. The minimum absolute atomic E-state index is 0.349. The third kappa shape index (κ3) is 4.56. The second kappa shape index (κ2) is 7.39. The zero-order valence-electron chi connectivity index (χ0n) is 11.4. The van der Waals surface area contributed by atoms with Gasteiger partial charge in [0.15, 0.2) is 0 Å². The molecule has 1 unspecified atom stereocenters. The number of halogens is 1. The highest BCUT2D eigenvalue weighted by molar-refractivity contribution is 9.10. The van der Waals surface area contributed by atoms with Crippen molar-refractivity contribution in [1.82, 2.24) is 5.43 Å². The molecule has 0 bridgehead atoms. The summed E-state index contributed by atoms with van der Waals surface area (Å²) in [5, 5.41) is 0. The van der Waals surface area contributed by atoms with Crippen LogP contribution in [0.1, 0.15) is 31.7 Å². The van der Waals surface area contributed by atoms with E-state index in [1.807, 2.05) is 6.07 Å². The molecule has 1 aliphatic carbocycles. The van der Waals surface area contributed by atoms with Crippen molar-refractivity contribution in [1.29, 1.82) is 0 Å². The summed E-state index contributed by atoms with van der Waals surface area (Å²) in [6, 6.07) is 8.78. The Morgan fingerprint density at radius 2 is 2.26 bits per heavy atom. The lowest BCUT2D eigenvalue weighted by Gasteiger charge is -2.37. The summed E-state index contributed by atoms with van der Waals surface area (Å²) in [7, 11) is 0. The quantitative estimate of drug-likeness (QED) is 0.598. The van der Waals surface area contributed by atoms with Crippen molar-refractivity contribution in [2.24, 2.45) is 11.8 Å². The van der Waals surface area contributed by atoms with Crippen LogP contribution >= 0.6 is 15.9 Å². The number of ether oxygens (including phenoxy) is 1. The highest BCUT2D eigenvalue weighted by Crippen LogP contribution is 2.34. The topological polar surface area (TPSA) is 47.3 Å². The molecule has 0 radical (unpaired) electrons. The van der Waals surface area contributed by atoms with E-state index < -0.39 is 0 Å². The molecule has 1 saturated carbocycles. The summed E-state index contributed by atoms with van der Waals surface area (Å²) < 4.78 is 6.73. The van der Waals surface area contributed by atoms with E-state index in [1.54, 1.807) is 0 Å². The van der Waals surface area contributed by atoms with Gasteiger partial charge in [-0.1, -0.05) is 28.1 Å². The second-order valence-corrected chi connectivity index (χ2v) is 6.26. The Labute approximate surface area is 124 Å². The summed E-state index contributed by atoms with van der Waals surface area (Å²) in [5.41, 5.74) is 4.28. The standard InChI is InChI=1S/C15H23BrN2O/c1-2-19-15-9-12(10-15)8-14(18-17)7-11-4-3-5-13(16)6-11/h3-6,12,14-15,18H,2,7-10,17H2,1H3.